The van der Waals surface area contributed by atoms with Gasteiger partial charge in [0.2, 0.25) is 0 Å². The van der Waals surface area contributed by atoms with Gasteiger partial charge in [0.15, 0.2) is 0 Å². The number of halogens is 1. The van der Waals surface area contributed by atoms with E-state index < -0.39 is 0 Å². The summed E-state index contributed by atoms with van der Waals surface area (Å²) in [6, 6.07) is 6.93. The number of aromatic nitrogens is 1. The summed E-state index contributed by atoms with van der Waals surface area (Å²) < 4.78 is 10.2. The van der Waals surface area contributed by atoms with Crippen LogP contribution in [0.2, 0.25) is 5.02 Å². The summed E-state index contributed by atoms with van der Waals surface area (Å²) in [6.45, 7) is 2.81. The van der Waals surface area contributed by atoms with Crippen LogP contribution in [0.1, 0.15) is 15.9 Å². The molecule has 128 valence electrons. The number of benzene rings is 1. The third-order valence-corrected chi connectivity index (χ3v) is 3.76. The molecule has 2 rings (SSSR count). The summed E-state index contributed by atoms with van der Waals surface area (Å²) in [5.74, 6) is 0.952. The molecule has 0 aliphatic carbocycles. The summed E-state index contributed by atoms with van der Waals surface area (Å²) in [7, 11) is 3.15. The van der Waals surface area contributed by atoms with Crippen molar-refractivity contribution in [2.24, 2.45) is 0 Å². The molecule has 0 unspecified atom stereocenters. The second kappa shape index (κ2) is 8.52. The van der Waals surface area contributed by atoms with Crippen molar-refractivity contribution in [1.82, 2.24) is 10.3 Å². The van der Waals surface area contributed by atoms with Crippen LogP contribution >= 0.6 is 11.6 Å². The Labute approximate surface area is 146 Å². The molecule has 2 aromatic rings. The van der Waals surface area contributed by atoms with Crippen molar-refractivity contribution in [3.8, 4) is 5.75 Å². The number of hydrogen-bond donors (Lipinski definition) is 2. The van der Waals surface area contributed by atoms with Crippen LogP contribution in [-0.2, 0) is 4.74 Å². The normalized spacial score (nSPS) is 10.3. The van der Waals surface area contributed by atoms with E-state index in [0.29, 0.717) is 35.3 Å². The number of methoxy groups -OCH3 is 2. The first-order valence-electron chi connectivity index (χ1n) is 7.39. The summed E-state index contributed by atoms with van der Waals surface area (Å²) in [4.78, 5) is 16.3. The van der Waals surface area contributed by atoms with Crippen LogP contribution in [0.3, 0.4) is 0 Å². The third kappa shape index (κ3) is 4.59. The Bertz CT molecular complexity index is 722. The highest BCUT2D eigenvalue weighted by molar-refractivity contribution is 6.31. The Kier molecular flexibility index (Phi) is 6.40. The number of carbonyl (C=O) groups excluding carboxylic acids is 1. The lowest BCUT2D eigenvalue weighted by Gasteiger charge is -2.13. The number of nitrogens with one attached hydrogen (secondary N) is 2. The topological polar surface area (TPSA) is 72.5 Å². The van der Waals surface area contributed by atoms with Gasteiger partial charge in [0.25, 0.3) is 5.91 Å². The van der Waals surface area contributed by atoms with E-state index in [1.54, 1.807) is 38.6 Å². The number of amides is 1. The maximum absolute atomic E-state index is 12.1. The third-order valence-electron chi connectivity index (χ3n) is 3.36. The molecule has 0 bridgehead atoms. The summed E-state index contributed by atoms with van der Waals surface area (Å²) in [5.41, 5.74) is 2.14. The van der Waals surface area contributed by atoms with Crippen molar-refractivity contribution in [3.63, 3.8) is 0 Å². The molecule has 0 saturated heterocycles. The summed E-state index contributed by atoms with van der Waals surface area (Å²) >= 11 is 6.11. The fourth-order valence-corrected chi connectivity index (χ4v) is 2.23. The van der Waals surface area contributed by atoms with Crippen molar-refractivity contribution in [2.45, 2.75) is 6.92 Å². The maximum atomic E-state index is 12.1. The largest absolute Gasteiger partial charge is 0.495 e. The van der Waals surface area contributed by atoms with E-state index in [1.807, 2.05) is 13.0 Å². The van der Waals surface area contributed by atoms with Crippen LogP contribution in [0.15, 0.2) is 30.5 Å². The van der Waals surface area contributed by atoms with Gasteiger partial charge in [0.1, 0.15) is 11.6 Å². The molecule has 0 atom stereocenters. The lowest BCUT2D eigenvalue weighted by atomic mass is 10.2. The minimum absolute atomic E-state index is 0.184. The molecular weight excluding hydrogens is 330 g/mol. The van der Waals surface area contributed by atoms with Gasteiger partial charge >= 0.3 is 0 Å². The number of hydrogen-bond acceptors (Lipinski definition) is 5. The highest BCUT2D eigenvalue weighted by Crippen LogP contribution is 2.32. The van der Waals surface area contributed by atoms with Gasteiger partial charge in [-0.05, 0) is 30.7 Å². The van der Waals surface area contributed by atoms with E-state index in [-0.39, 0.29) is 5.91 Å². The van der Waals surface area contributed by atoms with Gasteiger partial charge in [-0.1, -0.05) is 11.6 Å². The first-order chi connectivity index (χ1) is 11.5. The zero-order valence-corrected chi connectivity index (χ0v) is 14.6. The fourth-order valence-electron chi connectivity index (χ4n) is 2.08. The molecular formula is C17H20ClN3O3. The van der Waals surface area contributed by atoms with E-state index in [9.17, 15) is 4.79 Å². The first kappa shape index (κ1) is 18.0. The van der Waals surface area contributed by atoms with Crippen LogP contribution in [0.5, 0.6) is 5.75 Å². The monoisotopic (exact) mass is 349 g/mol. The molecule has 2 N–H and O–H groups in total. The molecule has 0 aliphatic heterocycles. The number of rotatable bonds is 7. The van der Waals surface area contributed by atoms with Crippen LogP contribution in [0, 0.1) is 6.92 Å². The Morgan fingerprint density at radius 2 is 2.08 bits per heavy atom. The fraction of sp³-hybridized carbons (Fsp3) is 0.294. The highest BCUT2D eigenvalue weighted by Gasteiger charge is 2.10. The Balaban J connectivity index is 2.18. The molecule has 1 amide bonds. The van der Waals surface area contributed by atoms with Crippen molar-refractivity contribution in [2.75, 3.05) is 32.7 Å². The van der Waals surface area contributed by atoms with Crippen LogP contribution in [0.4, 0.5) is 11.5 Å². The van der Waals surface area contributed by atoms with Crippen LogP contribution in [0.25, 0.3) is 0 Å². The molecule has 0 spiro atoms. The molecule has 24 heavy (non-hydrogen) atoms. The van der Waals surface area contributed by atoms with Crippen molar-refractivity contribution in [1.29, 1.82) is 0 Å². The average molecular weight is 350 g/mol. The quantitative estimate of drug-likeness (QED) is 0.751. The molecule has 0 radical (unpaired) electrons. The number of aryl methyl sites for hydroxylation is 1. The lowest BCUT2D eigenvalue weighted by molar-refractivity contribution is 0.0937. The van der Waals surface area contributed by atoms with E-state index >= 15 is 0 Å². The molecule has 1 aromatic heterocycles. The molecule has 1 heterocycles. The molecule has 0 aliphatic rings. The van der Waals surface area contributed by atoms with E-state index in [4.69, 9.17) is 21.1 Å². The standard InChI is InChI=1S/C17H20ClN3O3/c1-11-8-14(15(24-3)10-13(11)18)21-16-9-12(4-5-19-16)17(22)20-6-7-23-2/h4-5,8-10H,6-7H2,1-3H3,(H,19,21)(H,20,22). The second-order valence-electron chi connectivity index (χ2n) is 5.11. The van der Waals surface area contributed by atoms with Gasteiger partial charge < -0.3 is 20.1 Å². The van der Waals surface area contributed by atoms with Gasteiger partial charge in [-0.15, -0.1) is 0 Å². The van der Waals surface area contributed by atoms with E-state index in [2.05, 4.69) is 15.6 Å². The Morgan fingerprint density at radius 3 is 2.79 bits per heavy atom. The molecule has 7 heteroatoms. The Hall–Kier alpha value is -2.31. The maximum Gasteiger partial charge on any atom is 0.251 e. The number of anilines is 2. The van der Waals surface area contributed by atoms with Gasteiger partial charge in [-0.3, -0.25) is 4.79 Å². The zero-order chi connectivity index (χ0) is 17.5. The van der Waals surface area contributed by atoms with Crippen LogP contribution in [-0.4, -0.2) is 38.3 Å². The SMILES string of the molecule is COCCNC(=O)c1ccnc(Nc2cc(C)c(Cl)cc2OC)c1. The van der Waals surface area contributed by atoms with E-state index in [1.165, 1.54) is 0 Å². The minimum atomic E-state index is -0.184. The first-order valence-corrected chi connectivity index (χ1v) is 7.77. The lowest BCUT2D eigenvalue weighted by Crippen LogP contribution is -2.27. The van der Waals surface area contributed by atoms with Crippen molar-refractivity contribution in [3.05, 3.63) is 46.6 Å². The predicted octanol–water partition coefficient (Wildman–Crippen LogP) is 3.17. The van der Waals surface area contributed by atoms with Crippen molar-refractivity contribution >= 4 is 29.0 Å². The molecule has 6 nitrogen and oxygen atoms in total. The number of nitrogens with zero attached hydrogens (tertiary/aromatic N) is 1. The number of ether oxygens (including phenoxy) is 2. The van der Waals surface area contributed by atoms with Crippen LogP contribution < -0.4 is 15.4 Å². The van der Waals surface area contributed by atoms with Gasteiger partial charge in [0, 0.05) is 36.5 Å². The molecule has 1 aromatic carbocycles. The minimum Gasteiger partial charge on any atom is -0.495 e. The predicted molar refractivity (Wildman–Crippen MR) is 94.5 cm³/mol. The van der Waals surface area contributed by atoms with Gasteiger partial charge in [-0.2, -0.15) is 0 Å². The molecule has 0 saturated carbocycles. The number of pyridine rings is 1. The summed E-state index contributed by atoms with van der Waals surface area (Å²) in [5, 5.41) is 6.54. The van der Waals surface area contributed by atoms with E-state index in [0.717, 1.165) is 11.3 Å². The smallest absolute Gasteiger partial charge is 0.251 e. The zero-order valence-electron chi connectivity index (χ0n) is 13.9. The Morgan fingerprint density at radius 1 is 1.29 bits per heavy atom. The number of carbonyl (C=O) groups is 1. The second-order valence-corrected chi connectivity index (χ2v) is 5.51. The van der Waals surface area contributed by atoms with Crippen molar-refractivity contribution < 1.29 is 14.3 Å². The average Bonchev–Trinajstić information content (AvgIpc) is 2.58. The van der Waals surface area contributed by atoms with Gasteiger partial charge in [0.05, 0.1) is 19.4 Å². The summed E-state index contributed by atoms with van der Waals surface area (Å²) in [6.07, 6.45) is 1.57. The molecule has 0 fully saturated rings. The van der Waals surface area contributed by atoms with Gasteiger partial charge in [-0.25, -0.2) is 4.98 Å². The highest BCUT2D eigenvalue weighted by atomic mass is 35.5.